The van der Waals surface area contributed by atoms with E-state index in [9.17, 15) is 18.7 Å². The second-order valence-electron chi connectivity index (χ2n) is 5.17. The van der Waals surface area contributed by atoms with Crippen LogP contribution in [0.15, 0.2) is 10.5 Å². The van der Waals surface area contributed by atoms with Crippen molar-refractivity contribution in [2.24, 2.45) is 11.0 Å². The molecule has 2 atom stereocenters. The number of aromatic nitrogens is 1. The van der Waals surface area contributed by atoms with E-state index in [1.807, 2.05) is 0 Å². The van der Waals surface area contributed by atoms with Crippen molar-refractivity contribution in [1.29, 1.82) is 0 Å². The Morgan fingerprint density at radius 1 is 1.68 bits per heavy atom. The number of carbonyl (C=O) groups excluding carboxylic acids is 1. The number of nitrogens with zero attached hydrogens (tertiary/aromatic N) is 3. The molecule has 6 nitrogen and oxygen atoms in total. The maximum atomic E-state index is 13.5. The Bertz CT molecular complexity index is 621. The van der Waals surface area contributed by atoms with Gasteiger partial charge >= 0.3 is 5.97 Å². The molecule has 0 unspecified atom stereocenters. The predicted molar refractivity (Wildman–Crippen MR) is 76.3 cm³/mol. The molecule has 3 rings (SSSR count). The maximum Gasteiger partial charge on any atom is 0.357 e. The molecule has 0 aromatic carbocycles. The van der Waals surface area contributed by atoms with Crippen molar-refractivity contribution >= 4 is 28.1 Å². The van der Waals surface area contributed by atoms with Gasteiger partial charge in [0.05, 0.1) is 12.5 Å². The van der Waals surface area contributed by atoms with Crippen LogP contribution in [0.1, 0.15) is 36.7 Å². The van der Waals surface area contributed by atoms with Gasteiger partial charge in [-0.25, -0.2) is 23.6 Å². The van der Waals surface area contributed by atoms with E-state index in [-0.39, 0.29) is 17.4 Å². The highest BCUT2D eigenvalue weighted by atomic mass is 32.1. The van der Waals surface area contributed by atoms with E-state index in [0.717, 1.165) is 22.8 Å². The molecule has 1 aliphatic carbocycles. The van der Waals surface area contributed by atoms with Gasteiger partial charge in [0.2, 0.25) is 10.9 Å². The molecule has 9 heteroatoms. The zero-order valence-corrected chi connectivity index (χ0v) is 12.6. The Labute approximate surface area is 129 Å². The number of carbonyl (C=O) groups is 1. The van der Waals surface area contributed by atoms with Gasteiger partial charge in [0.1, 0.15) is 0 Å². The summed E-state index contributed by atoms with van der Waals surface area (Å²) < 4.78 is 31.8. The van der Waals surface area contributed by atoms with Crippen LogP contribution >= 0.6 is 11.3 Å². The number of hydrogen-bond acceptors (Lipinski definition) is 7. The summed E-state index contributed by atoms with van der Waals surface area (Å²) in [5.41, 5.74) is -1.80. The molecule has 1 fully saturated rings. The van der Waals surface area contributed by atoms with Gasteiger partial charge in [-0.1, -0.05) is 0 Å². The Hall–Kier alpha value is -1.61. The topological polar surface area (TPSA) is 75.0 Å². The lowest BCUT2D eigenvalue weighted by molar-refractivity contribution is -0.111. The van der Waals surface area contributed by atoms with Crippen LogP contribution in [0.5, 0.6) is 0 Å². The van der Waals surface area contributed by atoms with Crippen molar-refractivity contribution < 1.29 is 23.4 Å². The smallest absolute Gasteiger partial charge is 0.357 e. The first-order valence-electron chi connectivity index (χ1n) is 6.99. The number of anilines is 1. The molecule has 0 saturated heterocycles. The highest BCUT2D eigenvalue weighted by molar-refractivity contribution is 7.14. The third-order valence-corrected chi connectivity index (χ3v) is 4.70. The Morgan fingerprint density at radius 2 is 2.45 bits per heavy atom. The van der Waals surface area contributed by atoms with Gasteiger partial charge in [-0.2, -0.15) is 5.10 Å². The monoisotopic (exact) mass is 331 g/mol. The van der Waals surface area contributed by atoms with E-state index in [4.69, 9.17) is 4.74 Å². The van der Waals surface area contributed by atoms with Crippen molar-refractivity contribution in [3.63, 3.8) is 0 Å². The van der Waals surface area contributed by atoms with Gasteiger partial charge in [0.15, 0.2) is 5.69 Å². The lowest BCUT2D eigenvalue weighted by Crippen LogP contribution is -2.54. The first-order valence-corrected chi connectivity index (χ1v) is 7.87. The molecule has 0 radical (unpaired) electrons. The summed E-state index contributed by atoms with van der Waals surface area (Å²) in [6.45, 7) is 1.86. The first-order chi connectivity index (χ1) is 10.5. The minimum Gasteiger partial charge on any atom is -0.461 e. The van der Waals surface area contributed by atoms with Crippen molar-refractivity contribution in [1.82, 2.24) is 4.98 Å². The highest BCUT2D eigenvalue weighted by Gasteiger charge is 2.59. The summed E-state index contributed by atoms with van der Waals surface area (Å²) >= 11 is 0.973. The molecule has 120 valence electrons. The maximum absolute atomic E-state index is 13.5. The van der Waals surface area contributed by atoms with E-state index in [0.29, 0.717) is 18.6 Å². The van der Waals surface area contributed by atoms with Crippen LogP contribution in [0, 0.1) is 5.92 Å². The lowest BCUT2D eigenvalue weighted by Gasteiger charge is -2.33. The van der Waals surface area contributed by atoms with Gasteiger partial charge in [-0.05, 0) is 26.2 Å². The van der Waals surface area contributed by atoms with Crippen LogP contribution in [-0.4, -0.2) is 40.5 Å². The van der Waals surface area contributed by atoms with Crippen molar-refractivity contribution in [3.05, 3.63) is 11.1 Å². The van der Waals surface area contributed by atoms with Gasteiger partial charge in [0.25, 0.3) is 6.43 Å². The number of fused-ring (bicyclic) bond motifs is 1. The number of hydrazone groups is 1. The van der Waals surface area contributed by atoms with Crippen LogP contribution in [0.25, 0.3) is 0 Å². The third-order valence-electron chi connectivity index (χ3n) is 3.89. The minimum atomic E-state index is -2.99. The van der Waals surface area contributed by atoms with Gasteiger partial charge in [0, 0.05) is 11.1 Å². The van der Waals surface area contributed by atoms with Crippen molar-refractivity contribution in [2.45, 2.75) is 38.3 Å². The van der Waals surface area contributed by atoms with Gasteiger partial charge in [-0.3, -0.25) is 0 Å². The minimum absolute atomic E-state index is 0.0238. The Morgan fingerprint density at radius 3 is 3.14 bits per heavy atom. The first kappa shape index (κ1) is 15.3. The molecule has 2 heterocycles. The highest BCUT2D eigenvalue weighted by Crippen LogP contribution is 2.46. The molecule has 0 spiro atoms. The lowest BCUT2D eigenvalue weighted by atomic mass is 9.94. The van der Waals surface area contributed by atoms with Crippen LogP contribution in [0.4, 0.5) is 13.9 Å². The average molecular weight is 331 g/mol. The number of thiazole rings is 1. The average Bonchev–Trinajstić information content (AvgIpc) is 3.16. The standard InChI is InChI=1S/C13H15F2N3O3S/c1-2-21-10(19)9-6-22-12(16-9)18-13(20,11(14)15)7-4-3-5-8(7)17-18/h6-7,11,20H,2-5H2,1H3/t7-,13+/m0/s1. The zero-order valence-electron chi connectivity index (χ0n) is 11.8. The Kier molecular flexibility index (Phi) is 3.85. The van der Waals surface area contributed by atoms with Crippen molar-refractivity contribution in [3.8, 4) is 0 Å². The molecular weight excluding hydrogens is 316 g/mol. The fraction of sp³-hybridized carbons (Fsp3) is 0.615. The second-order valence-corrected chi connectivity index (χ2v) is 6.00. The van der Waals surface area contributed by atoms with Crippen molar-refractivity contribution in [2.75, 3.05) is 11.6 Å². The molecular formula is C13H15F2N3O3S. The number of aliphatic hydroxyl groups is 1. The van der Waals surface area contributed by atoms with Crippen LogP contribution in [0.3, 0.4) is 0 Å². The number of halogens is 2. The number of ether oxygens (including phenoxy) is 1. The molecule has 0 bridgehead atoms. The summed E-state index contributed by atoms with van der Waals surface area (Å²) in [6.07, 6.45) is -1.21. The number of esters is 1. The molecule has 0 amide bonds. The summed E-state index contributed by atoms with van der Waals surface area (Å²) in [4.78, 5) is 15.6. The predicted octanol–water partition coefficient (Wildman–Crippen LogP) is 2.25. The fourth-order valence-electron chi connectivity index (χ4n) is 2.86. The fourth-order valence-corrected chi connectivity index (χ4v) is 3.67. The van der Waals surface area contributed by atoms with E-state index in [1.165, 1.54) is 5.38 Å². The SMILES string of the molecule is CCOC(=O)c1csc(N2N=C3CCC[C@@H]3[C@@]2(O)C(F)F)n1. The van der Waals surface area contributed by atoms with Crippen LogP contribution in [0.2, 0.25) is 0 Å². The van der Waals surface area contributed by atoms with Gasteiger partial charge in [-0.15, -0.1) is 11.3 Å². The largest absolute Gasteiger partial charge is 0.461 e. The molecule has 22 heavy (non-hydrogen) atoms. The molecule has 1 saturated carbocycles. The van der Waals surface area contributed by atoms with Gasteiger partial charge < -0.3 is 9.84 Å². The van der Waals surface area contributed by atoms with Crippen LogP contribution < -0.4 is 5.01 Å². The molecule has 1 aromatic heterocycles. The summed E-state index contributed by atoms with van der Waals surface area (Å²) in [5.74, 6) is -1.32. The molecule has 1 aromatic rings. The third kappa shape index (κ3) is 2.19. The summed E-state index contributed by atoms with van der Waals surface area (Å²) in [7, 11) is 0. The van der Waals surface area contributed by atoms with E-state index >= 15 is 0 Å². The van der Waals surface area contributed by atoms with E-state index in [2.05, 4.69) is 10.1 Å². The summed E-state index contributed by atoms with van der Waals surface area (Å²) in [5, 5.41) is 17.0. The second kappa shape index (κ2) is 5.54. The number of alkyl halides is 2. The molecule has 1 aliphatic heterocycles. The normalized spacial score (nSPS) is 27.2. The molecule has 2 aliphatic rings. The summed E-state index contributed by atoms with van der Waals surface area (Å²) in [6, 6.07) is 0. The van der Waals surface area contributed by atoms with E-state index < -0.39 is 24.0 Å². The van der Waals surface area contributed by atoms with E-state index in [1.54, 1.807) is 6.92 Å². The molecule has 1 N–H and O–H groups in total. The number of hydrogen-bond donors (Lipinski definition) is 1. The Balaban J connectivity index is 1.93. The van der Waals surface area contributed by atoms with Crippen LogP contribution in [-0.2, 0) is 4.74 Å². The quantitative estimate of drug-likeness (QED) is 0.857. The number of rotatable bonds is 4. The zero-order chi connectivity index (χ0) is 15.9.